The number of H-pyrrole nitrogens is 1. The van der Waals surface area contributed by atoms with Crippen LogP contribution < -0.4 is 10.9 Å². The predicted octanol–water partition coefficient (Wildman–Crippen LogP) is 1.75. The third kappa shape index (κ3) is 3.83. The molecule has 0 aliphatic heterocycles. The van der Waals surface area contributed by atoms with Gasteiger partial charge in [-0.2, -0.15) is 0 Å². The van der Waals surface area contributed by atoms with Crippen LogP contribution in [0.1, 0.15) is 12.5 Å². The zero-order valence-electron chi connectivity index (χ0n) is 11.1. The Morgan fingerprint density at radius 1 is 1.30 bits per heavy atom. The van der Waals surface area contributed by atoms with Crippen LogP contribution >= 0.6 is 0 Å². The summed E-state index contributed by atoms with van der Waals surface area (Å²) in [6.45, 7) is 2.66. The van der Waals surface area contributed by atoms with E-state index in [0.717, 1.165) is 16.5 Å². The van der Waals surface area contributed by atoms with E-state index in [1.54, 1.807) is 18.2 Å². The van der Waals surface area contributed by atoms with E-state index in [0.29, 0.717) is 6.61 Å². The second-order valence-electron chi connectivity index (χ2n) is 4.13. The SMILES string of the molecule is CCOCNC(=O)OCc1ccc2[nH]c(=O)ccc2c1. The first kappa shape index (κ1) is 14.1. The maximum atomic E-state index is 11.3. The van der Waals surface area contributed by atoms with Gasteiger partial charge < -0.3 is 14.5 Å². The molecule has 2 N–H and O–H groups in total. The van der Waals surface area contributed by atoms with E-state index >= 15 is 0 Å². The summed E-state index contributed by atoms with van der Waals surface area (Å²) in [6.07, 6.45) is -0.528. The van der Waals surface area contributed by atoms with Crippen molar-refractivity contribution in [1.82, 2.24) is 10.3 Å². The third-order valence-electron chi connectivity index (χ3n) is 2.68. The largest absolute Gasteiger partial charge is 0.445 e. The van der Waals surface area contributed by atoms with Gasteiger partial charge in [0.2, 0.25) is 5.56 Å². The molecule has 0 saturated carbocycles. The number of alkyl carbamates (subject to hydrolysis) is 1. The minimum Gasteiger partial charge on any atom is -0.445 e. The van der Waals surface area contributed by atoms with Crippen LogP contribution in [0.2, 0.25) is 0 Å². The fraction of sp³-hybridized carbons (Fsp3) is 0.286. The van der Waals surface area contributed by atoms with Gasteiger partial charge in [-0.25, -0.2) is 4.79 Å². The molecule has 106 valence electrons. The number of ether oxygens (including phenoxy) is 2. The van der Waals surface area contributed by atoms with E-state index in [9.17, 15) is 9.59 Å². The van der Waals surface area contributed by atoms with Crippen LogP contribution in [0, 0.1) is 0 Å². The quantitative estimate of drug-likeness (QED) is 0.644. The lowest BCUT2D eigenvalue weighted by Crippen LogP contribution is -2.26. The van der Waals surface area contributed by atoms with E-state index in [1.807, 2.05) is 13.0 Å². The van der Waals surface area contributed by atoms with Gasteiger partial charge in [-0.1, -0.05) is 6.07 Å². The number of fused-ring (bicyclic) bond motifs is 1. The number of benzene rings is 1. The number of carbonyl (C=O) groups is 1. The van der Waals surface area contributed by atoms with Crippen LogP contribution in [-0.2, 0) is 16.1 Å². The van der Waals surface area contributed by atoms with Gasteiger partial charge in [0.15, 0.2) is 0 Å². The molecule has 6 heteroatoms. The molecule has 1 aromatic carbocycles. The van der Waals surface area contributed by atoms with Crippen molar-refractivity contribution in [2.75, 3.05) is 13.3 Å². The highest BCUT2D eigenvalue weighted by Crippen LogP contribution is 2.12. The van der Waals surface area contributed by atoms with Crippen LogP contribution in [0.25, 0.3) is 10.9 Å². The fourth-order valence-corrected chi connectivity index (χ4v) is 1.71. The van der Waals surface area contributed by atoms with E-state index in [2.05, 4.69) is 10.3 Å². The smallest absolute Gasteiger partial charge is 0.409 e. The standard InChI is InChI=1S/C14H16N2O4/c1-2-19-9-15-14(18)20-8-10-3-5-12-11(7-10)4-6-13(17)16-12/h3-7H,2,8-9H2,1H3,(H,15,18)(H,16,17). The topological polar surface area (TPSA) is 80.4 Å². The molecule has 0 fully saturated rings. The minimum absolute atomic E-state index is 0.133. The van der Waals surface area contributed by atoms with E-state index in [-0.39, 0.29) is 18.9 Å². The highest BCUT2D eigenvalue weighted by atomic mass is 16.6. The lowest BCUT2D eigenvalue weighted by atomic mass is 10.1. The molecule has 0 spiro atoms. The molecule has 0 atom stereocenters. The van der Waals surface area contributed by atoms with Crippen molar-refractivity contribution in [3.63, 3.8) is 0 Å². The highest BCUT2D eigenvalue weighted by Gasteiger charge is 2.03. The molecule has 0 saturated heterocycles. The molecule has 0 aliphatic carbocycles. The van der Waals surface area contributed by atoms with E-state index in [1.165, 1.54) is 6.07 Å². The normalized spacial score (nSPS) is 10.4. The van der Waals surface area contributed by atoms with Crippen LogP contribution in [-0.4, -0.2) is 24.4 Å². The molecule has 1 heterocycles. The second-order valence-corrected chi connectivity index (χ2v) is 4.13. The van der Waals surface area contributed by atoms with Gasteiger partial charge in [0, 0.05) is 18.2 Å². The second kappa shape index (κ2) is 6.72. The van der Waals surface area contributed by atoms with Crippen molar-refractivity contribution >= 4 is 17.0 Å². The first-order chi connectivity index (χ1) is 9.69. The maximum absolute atomic E-state index is 11.3. The number of aromatic amines is 1. The highest BCUT2D eigenvalue weighted by molar-refractivity contribution is 5.78. The number of amides is 1. The summed E-state index contributed by atoms with van der Waals surface area (Å²) in [5.74, 6) is 0. The fourth-order valence-electron chi connectivity index (χ4n) is 1.71. The molecular weight excluding hydrogens is 260 g/mol. The summed E-state index contributed by atoms with van der Waals surface area (Å²) in [6, 6.07) is 8.64. The first-order valence-electron chi connectivity index (χ1n) is 6.29. The number of hydrogen-bond donors (Lipinski definition) is 2. The van der Waals surface area contributed by atoms with Gasteiger partial charge in [-0.3, -0.25) is 10.1 Å². The van der Waals surface area contributed by atoms with Crippen LogP contribution in [0.3, 0.4) is 0 Å². The molecule has 0 radical (unpaired) electrons. The summed E-state index contributed by atoms with van der Waals surface area (Å²) in [5, 5.41) is 3.36. The van der Waals surface area contributed by atoms with Crippen LogP contribution in [0.15, 0.2) is 35.1 Å². The maximum Gasteiger partial charge on any atom is 0.409 e. The number of nitrogens with one attached hydrogen (secondary N) is 2. The van der Waals surface area contributed by atoms with E-state index in [4.69, 9.17) is 9.47 Å². The van der Waals surface area contributed by atoms with Crippen molar-refractivity contribution in [3.05, 3.63) is 46.2 Å². The Balaban J connectivity index is 1.95. The number of hydrogen-bond acceptors (Lipinski definition) is 4. The van der Waals surface area contributed by atoms with Gasteiger partial charge in [-0.05, 0) is 36.1 Å². The Hall–Kier alpha value is -2.34. The van der Waals surface area contributed by atoms with E-state index < -0.39 is 6.09 Å². The molecule has 1 aromatic heterocycles. The molecule has 0 aliphatic rings. The van der Waals surface area contributed by atoms with Crippen LogP contribution in [0.5, 0.6) is 0 Å². The molecular formula is C14H16N2O4. The average molecular weight is 276 g/mol. The molecule has 0 unspecified atom stereocenters. The summed E-state index contributed by atoms with van der Waals surface area (Å²) in [4.78, 5) is 25.2. The monoisotopic (exact) mass is 276 g/mol. The lowest BCUT2D eigenvalue weighted by Gasteiger charge is -2.07. The van der Waals surface area contributed by atoms with Crippen molar-refractivity contribution in [2.45, 2.75) is 13.5 Å². The van der Waals surface area contributed by atoms with Gasteiger partial charge >= 0.3 is 6.09 Å². The molecule has 2 aromatic rings. The van der Waals surface area contributed by atoms with Gasteiger partial charge in [0.05, 0.1) is 0 Å². The van der Waals surface area contributed by atoms with Gasteiger partial charge in [0.25, 0.3) is 0 Å². The molecule has 1 amide bonds. The Bertz CT molecular complexity index is 651. The lowest BCUT2D eigenvalue weighted by molar-refractivity contribution is 0.0988. The Labute approximate surface area is 115 Å². The summed E-state index contributed by atoms with van der Waals surface area (Å²) in [5.41, 5.74) is 1.45. The van der Waals surface area contributed by atoms with Crippen molar-refractivity contribution < 1.29 is 14.3 Å². The zero-order chi connectivity index (χ0) is 14.4. The van der Waals surface area contributed by atoms with Crippen molar-refractivity contribution in [2.24, 2.45) is 0 Å². The van der Waals surface area contributed by atoms with Crippen molar-refractivity contribution in [3.8, 4) is 0 Å². The van der Waals surface area contributed by atoms with Crippen molar-refractivity contribution in [1.29, 1.82) is 0 Å². The molecule has 0 bridgehead atoms. The predicted molar refractivity (Wildman–Crippen MR) is 74.4 cm³/mol. The first-order valence-corrected chi connectivity index (χ1v) is 6.29. The zero-order valence-corrected chi connectivity index (χ0v) is 11.1. The Morgan fingerprint density at radius 2 is 2.15 bits per heavy atom. The number of pyridine rings is 1. The third-order valence-corrected chi connectivity index (χ3v) is 2.68. The Kier molecular flexibility index (Phi) is 4.73. The molecule has 6 nitrogen and oxygen atoms in total. The van der Waals surface area contributed by atoms with Gasteiger partial charge in [-0.15, -0.1) is 0 Å². The van der Waals surface area contributed by atoms with Gasteiger partial charge in [0.1, 0.15) is 13.3 Å². The summed E-state index contributed by atoms with van der Waals surface area (Å²) < 4.78 is 10.0. The summed E-state index contributed by atoms with van der Waals surface area (Å²) in [7, 11) is 0. The minimum atomic E-state index is -0.528. The Morgan fingerprint density at radius 3 is 2.95 bits per heavy atom. The van der Waals surface area contributed by atoms with Crippen LogP contribution in [0.4, 0.5) is 4.79 Å². The average Bonchev–Trinajstić information content (AvgIpc) is 2.45. The molecule has 20 heavy (non-hydrogen) atoms. The number of aromatic nitrogens is 1. The number of rotatable bonds is 5. The summed E-state index contributed by atoms with van der Waals surface area (Å²) >= 11 is 0. The molecule has 2 rings (SSSR count). The number of carbonyl (C=O) groups excluding carboxylic acids is 1.